The number of imidazole rings is 1. The Morgan fingerprint density at radius 1 is 1.00 bits per heavy atom. The number of fused-ring (bicyclic) bond motifs is 1. The first-order valence-electron chi connectivity index (χ1n) is 8.72. The number of para-hydroxylation sites is 2. The summed E-state index contributed by atoms with van der Waals surface area (Å²) in [4.78, 5) is 19.3. The van der Waals surface area contributed by atoms with E-state index >= 15 is 0 Å². The molecule has 1 aliphatic heterocycles. The van der Waals surface area contributed by atoms with E-state index in [2.05, 4.69) is 4.98 Å². The summed E-state index contributed by atoms with van der Waals surface area (Å²) in [5, 5.41) is 0. The minimum absolute atomic E-state index is 0.0699. The average molecular weight is 337 g/mol. The standard InChI is InChI=1S/C20H20FN3O/c21-16-9-3-2-8-15(16)20-22-17-10-4-5-11-18(17)24(20)14-19(25)23-12-6-1-7-13-23/h2-5,8-11H,1,6-7,12-14H2. The molecular weight excluding hydrogens is 317 g/mol. The largest absolute Gasteiger partial charge is 0.341 e. The van der Waals surface area contributed by atoms with Crippen LogP contribution < -0.4 is 0 Å². The number of halogens is 1. The van der Waals surface area contributed by atoms with Crippen LogP contribution in [0.25, 0.3) is 22.4 Å². The highest BCUT2D eigenvalue weighted by molar-refractivity contribution is 5.84. The van der Waals surface area contributed by atoms with Crippen LogP contribution in [-0.4, -0.2) is 33.4 Å². The van der Waals surface area contributed by atoms with Gasteiger partial charge in [-0.3, -0.25) is 4.79 Å². The fourth-order valence-corrected chi connectivity index (χ4v) is 3.46. The molecule has 1 fully saturated rings. The zero-order valence-electron chi connectivity index (χ0n) is 14.0. The van der Waals surface area contributed by atoms with Crippen LogP contribution in [0.1, 0.15) is 19.3 Å². The van der Waals surface area contributed by atoms with Gasteiger partial charge >= 0.3 is 0 Å². The van der Waals surface area contributed by atoms with Gasteiger partial charge in [-0.1, -0.05) is 24.3 Å². The molecule has 0 bridgehead atoms. The van der Waals surface area contributed by atoms with Gasteiger partial charge in [-0.2, -0.15) is 0 Å². The lowest BCUT2D eigenvalue weighted by atomic mass is 10.1. The first-order chi connectivity index (χ1) is 12.2. The summed E-state index contributed by atoms with van der Waals surface area (Å²) in [6.07, 6.45) is 3.28. The fourth-order valence-electron chi connectivity index (χ4n) is 3.46. The highest BCUT2D eigenvalue weighted by atomic mass is 19.1. The van der Waals surface area contributed by atoms with Crippen molar-refractivity contribution in [2.75, 3.05) is 13.1 Å². The van der Waals surface area contributed by atoms with Gasteiger partial charge in [0, 0.05) is 13.1 Å². The van der Waals surface area contributed by atoms with E-state index in [1.807, 2.05) is 33.7 Å². The number of amides is 1. The maximum atomic E-state index is 14.3. The summed E-state index contributed by atoms with van der Waals surface area (Å²) < 4.78 is 16.2. The number of likely N-dealkylation sites (tertiary alicyclic amines) is 1. The second kappa shape index (κ2) is 6.67. The summed E-state index contributed by atoms with van der Waals surface area (Å²) in [5.74, 6) is 0.245. The van der Waals surface area contributed by atoms with E-state index in [9.17, 15) is 9.18 Å². The number of hydrogen-bond acceptors (Lipinski definition) is 2. The maximum absolute atomic E-state index is 14.3. The second-order valence-corrected chi connectivity index (χ2v) is 6.43. The minimum atomic E-state index is -0.329. The van der Waals surface area contributed by atoms with Gasteiger partial charge in [0.15, 0.2) is 0 Å². The van der Waals surface area contributed by atoms with Crippen molar-refractivity contribution in [2.24, 2.45) is 0 Å². The van der Waals surface area contributed by atoms with Crippen molar-refractivity contribution in [2.45, 2.75) is 25.8 Å². The molecule has 1 saturated heterocycles. The van der Waals surface area contributed by atoms with Gasteiger partial charge in [0.05, 0.1) is 16.6 Å². The van der Waals surface area contributed by atoms with Gasteiger partial charge in [0.2, 0.25) is 5.91 Å². The first kappa shape index (κ1) is 15.8. The summed E-state index contributed by atoms with van der Waals surface area (Å²) in [6, 6.07) is 14.2. The maximum Gasteiger partial charge on any atom is 0.242 e. The fraction of sp³-hybridized carbons (Fsp3) is 0.300. The molecule has 0 radical (unpaired) electrons. The predicted octanol–water partition coefficient (Wildman–Crippen LogP) is 3.85. The molecule has 3 aromatic rings. The van der Waals surface area contributed by atoms with E-state index in [4.69, 9.17) is 0 Å². The van der Waals surface area contributed by atoms with Crippen LogP contribution in [0.3, 0.4) is 0 Å². The molecule has 5 heteroatoms. The van der Waals surface area contributed by atoms with E-state index in [1.165, 1.54) is 12.5 Å². The molecule has 0 saturated carbocycles. The molecular formula is C20H20FN3O. The van der Waals surface area contributed by atoms with E-state index in [1.54, 1.807) is 18.2 Å². The predicted molar refractivity (Wildman–Crippen MR) is 95.6 cm³/mol. The smallest absolute Gasteiger partial charge is 0.242 e. The van der Waals surface area contributed by atoms with Crippen molar-refractivity contribution < 1.29 is 9.18 Å². The third-order valence-corrected chi connectivity index (χ3v) is 4.77. The Morgan fingerprint density at radius 3 is 2.52 bits per heavy atom. The van der Waals surface area contributed by atoms with Crippen molar-refractivity contribution in [3.05, 3.63) is 54.3 Å². The topological polar surface area (TPSA) is 38.1 Å². The molecule has 4 nitrogen and oxygen atoms in total. The molecule has 1 aromatic heterocycles. The van der Waals surface area contributed by atoms with Gasteiger partial charge in [0.25, 0.3) is 0 Å². The lowest BCUT2D eigenvalue weighted by molar-refractivity contribution is -0.132. The van der Waals surface area contributed by atoms with Crippen LogP contribution in [0.15, 0.2) is 48.5 Å². The molecule has 0 atom stereocenters. The summed E-state index contributed by atoms with van der Waals surface area (Å²) in [7, 11) is 0. The molecule has 4 rings (SSSR count). The molecule has 2 aromatic carbocycles. The van der Waals surface area contributed by atoms with Gasteiger partial charge in [-0.15, -0.1) is 0 Å². The average Bonchev–Trinajstić information content (AvgIpc) is 3.01. The van der Waals surface area contributed by atoms with E-state index in [0.29, 0.717) is 11.4 Å². The van der Waals surface area contributed by atoms with E-state index < -0.39 is 0 Å². The Morgan fingerprint density at radius 2 is 1.72 bits per heavy atom. The number of piperidine rings is 1. The molecule has 1 amide bonds. The Balaban J connectivity index is 1.77. The van der Waals surface area contributed by atoms with Crippen molar-refractivity contribution in [3.63, 3.8) is 0 Å². The number of benzene rings is 2. The number of carbonyl (C=O) groups excluding carboxylic acids is 1. The SMILES string of the molecule is O=C(Cn1c(-c2ccccc2F)nc2ccccc21)N1CCCCC1. The highest BCUT2D eigenvalue weighted by Crippen LogP contribution is 2.27. The van der Waals surface area contributed by atoms with Crippen LogP contribution in [0.2, 0.25) is 0 Å². The third-order valence-electron chi connectivity index (χ3n) is 4.77. The van der Waals surface area contributed by atoms with Crippen molar-refractivity contribution in [1.29, 1.82) is 0 Å². The number of nitrogens with zero attached hydrogens (tertiary/aromatic N) is 3. The Kier molecular flexibility index (Phi) is 4.22. The molecule has 2 heterocycles. The Bertz CT molecular complexity index is 912. The van der Waals surface area contributed by atoms with Gasteiger partial charge in [-0.25, -0.2) is 9.37 Å². The number of carbonyl (C=O) groups is 1. The molecule has 128 valence electrons. The minimum Gasteiger partial charge on any atom is -0.341 e. The lowest BCUT2D eigenvalue weighted by Gasteiger charge is -2.27. The Labute approximate surface area is 145 Å². The summed E-state index contributed by atoms with van der Waals surface area (Å²) in [5.41, 5.74) is 2.04. The zero-order chi connectivity index (χ0) is 17.2. The number of hydrogen-bond donors (Lipinski definition) is 0. The van der Waals surface area contributed by atoms with Gasteiger partial charge in [-0.05, 0) is 43.5 Å². The summed E-state index contributed by atoms with van der Waals surface area (Å²) in [6.45, 7) is 1.80. The van der Waals surface area contributed by atoms with Crippen LogP contribution in [0.5, 0.6) is 0 Å². The van der Waals surface area contributed by atoms with Crippen molar-refractivity contribution >= 4 is 16.9 Å². The zero-order valence-corrected chi connectivity index (χ0v) is 14.0. The monoisotopic (exact) mass is 337 g/mol. The molecule has 0 spiro atoms. The molecule has 1 aliphatic rings. The van der Waals surface area contributed by atoms with Crippen LogP contribution in [0.4, 0.5) is 4.39 Å². The molecule has 0 unspecified atom stereocenters. The number of aromatic nitrogens is 2. The van der Waals surface area contributed by atoms with Crippen LogP contribution in [0, 0.1) is 5.82 Å². The molecule has 25 heavy (non-hydrogen) atoms. The second-order valence-electron chi connectivity index (χ2n) is 6.43. The highest BCUT2D eigenvalue weighted by Gasteiger charge is 2.21. The molecule has 0 N–H and O–H groups in total. The van der Waals surface area contributed by atoms with Gasteiger partial charge < -0.3 is 9.47 Å². The van der Waals surface area contributed by atoms with Crippen LogP contribution in [-0.2, 0) is 11.3 Å². The van der Waals surface area contributed by atoms with E-state index in [0.717, 1.165) is 37.0 Å². The Hall–Kier alpha value is -2.69. The van der Waals surface area contributed by atoms with Crippen molar-refractivity contribution in [1.82, 2.24) is 14.5 Å². The van der Waals surface area contributed by atoms with Crippen molar-refractivity contribution in [3.8, 4) is 11.4 Å². The van der Waals surface area contributed by atoms with E-state index in [-0.39, 0.29) is 18.3 Å². The number of rotatable bonds is 3. The molecule has 0 aliphatic carbocycles. The lowest BCUT2D eigenvalue weighted by Crippen LogP contribution is -2.37. The third kappa shape index (κ3) is 3.02. The van der Waals surface area contributed by atoms with Gasteiger partial charge in [0.1, 0.15) is 18.2 Å². The quantitative estimate of drug-likeness (QED) is 0.728. The van der Waals surface area contributed by atoms with Crippen LogP contribution >= 0.6 is 0 Å². The summed E-state index contributed by atoms with van der Waals surface area (Å²) >= 11 is 0. The normalized spacial score (nSPS) is 14.8. The first-order valence-corrected chi connectivity index (χ1v) is 8.72.